The van der Waals surface area contributed by atoms with Crippen molar-refractivity contribution in [2.45, 2.75) is 25.4 Å². The lowest BCUT2D eigenvalue weighted by atomic mass is 9.91. The first-order valence-corrected chi connectivity index (χ1v) is 9.06. The van der Waals surface area contributed by atoms with Crippen molar-refractivity contribution in [3.05, 3.63) is 71.8 Å². The molecule has 7 heteroatoms. The Morgan fingerprint density at radius 3 is 2.24 bits per heavy atom. The summed E-state index contributed by atoms with van der Waals surface area (Å²) in [5, 5.41) is 5.21. The van der Waals surface area contributed by atoms with Gasteiger partial charge in [-0.2, -0.15) is 0 Å². The highest BCUT2D eigenvalue weighted by Gasteiger charge is 2.36. The molecule has 0 aromatic heterocycles. The van der Waals surface area contributed by atoms with Gasteiger partial charge < -0.3 is 21.1 Å². The van der Waals surface area contributed by atoms with Crippen LogP contribution in [-0.2, 0) is 19.9 Å². The van der Waals surface area contributed by atoms with E-state index in [0.29, 0.717) is 11.3 Å². The molecule has 2 atom stereocenters. The number of carbonyl (C=O) groups is 3. The van der Waals surface area contributed by atoms with Gasteiger partial charge in [-0.1, -0.05) is 42.5 Å². The number of hydrogen-bond donors (Lipinski definition) is 3. The zero-order valence-electron chi connectivity index (χ0n) is 16.6. The highest BCUT2D eigenvalue weighted by Crippen LogP contribution is 2.20. The fraction of sp³-hybridized carbons (Fsp3) is 0.227. The number of primary amides is 1. The number of benzene rings is 2. The summed E-state index contributed by atoms with van der Waals surface area (Å²) < 4.78 is 5.08. The molecule has 4 N–H and O–H groups in total. The molecule has 152 valence electrons. The molecule has 7 nitrogen and oxygen atoms in total. The Morgan fingerprint density at radius 2 is 1.69 bits per heavy atom. The van der Waals surface area contributed by atoms with Crippen molar-refractivity contribution in [1.82, 2.24) is 10.6 Å². The fourth-order valence-electron chi connectivity index (χ4n) is 2.62. The van der Waals surface area contributed by atoms with Crippen LogP contribution in [0.3, 0.4) is 0 Å². The Kier molecular flexibility index (Phi) is 7.14. The Labute approximate surface area is 169 Å². The molecular weight excluding hydrogens is 370 g/mol. The van der Waals surface area contributed by atoms with Gasteiger partial charge in [-0.15, -0.1) is 0 Å². The Bertz CT molecular complexity index is 894. The van der Waals surface area contributed by atoms with Crippen LogP contribution in [0.4, 0.5) is 0 Å². The molecule has 0 aliphatic heterocycles. The van der Waals surface area contributed by atoms with Gasteiger partial charge in [0.25, 0.3) is 0 Å². The molecule has 0 radical (unpaired) electrons. The minimum absolute atomic E-state index is 0.441. The third-order valence-corrected chi connectivity index (χ3v) is 4.51. The second-order valence-corrected chi connectivity index (χ2v) is 6.68. The van der Waals surface area contributed by atoms with E-state index in [2.05, 4.69) is 10.6 Å². The first-order chi connectivity index (χ1) is 13.8. The molecule has 2 unspecified atom stereocenters. The average Bonchev–Trinajstić information content (AvgIpc) is 2.72. The minimum Gasteiger partial charge on any atom is -0.497 e. The summed E-state index contributed by atoms with van der Waals surface area (Å²) in [7, 11) is 1.58. The van der Waals surface area contributed by atoms with Gasteiger partial charge in [0.1, 0.15) is 17.3 Å². The summed E-state index contributed by atoms with van der Waals surface area (Å²) in [4.78, 5) is 36.7. The van der Waals surface area contributed by atoms with Crippen molar-refractivity contribution in [2.75, 3.05) is 7.11 Å². The Balaban J connectivity index is 2.00. The van der Waals surface area contributed by atoms with Gasteiger partial charge in [-0.05, 0) is 43.2 Å². The lowest BCUT2D eigenvalue weighted by Crippen LogP contribution is -2.57. The highest BCUT2D eigenvalue weighted by molar-refractivity contribution is 5.97. The molecule has 0 saturated heterocycles. The van der Waals surface area contributed by atoms with Crippen molar-refractivity contribution < 1.29 is 19.1 Å². The predicted molar refractivity (Wildman–Crippen MR) is 111 cm³/mol. The number of nitrogens with one attached hydrogen (secondary N) is 2. The summed E-state index contributed by atoms with van der Waals surface area (Å²) in [6, 6.07) is 15.0. The van der Waals surface area contributed by atoms with Crippen LogP contribution in [0.2, 0.25) is 0 Å². The summed E-state index contributed by atoms with van der Waals surface area (Å²) in [5.74, 6) is -0.951. The second-order valence-electron chi connectivity index (χ2n) is 6.68. The smallest absolute Gasteiger partial charge is 0.247 e. The van der Waals surface area contributed by atoms with Crippen LogP contribution in [-0.4, -0.2) is 30.9 Å². The van der Waals surface area contributed by atoms with Gasteiger partial charge in [0, 0.05) is 6.08 Å². The number of ether oxygens (including phenoxy) is 1. The monoisotopic (exact) mass is 395 g/mol. The third-order valence-electron chi connectivity index (χ3n) is 4.51. The van der Waals surface area contributed by atoms with Crippen molar-refractivity contribution in [3.8, 4) is 5.75 Å². The molecule has 3 amide bonds. The average molecular weight is 395 g/mol. The van der Waals surface area contributed by atoms with E-state index in [0.717, 1.165) is 5.56 Å². The summed E-state index contributed by atoms with van der Waals surface area (Å²) in [5.41, 5.74) is 5.49. The topological polar surface area (TPSA) is 111 Å². The molecule has 0 aliphatic rings. The van der Waals surface area contributed by atoms with E-state index in [1.165, 1.54) is 19.9 Å². The van der Waals surface area contributed by atoms with E-state index in [1.54, 1.807) is 67.8 Å². The maximum Gasteiger partial charge on any atom is 0.247 e. The maximum atomic E-state index is 12.5. The van der Waals surface area contributed by atoms with E-state index in [1.807, 2.05) is 0 Å². The molecule has 2 aromatic rings. The van der Waals surface area contributed by atoms with Crippen molar-refractivity contribution in [2.24, 2.45) is 5.73 Å². The SMILES string of the molecule is COc1ccc(C=CC(=O)NC(C)C(=O)NC(C)(C(N)=O)c2ccccc2)cc1. The molecule has 2 rings (SSSR count). The van der Waals surface area contributed by atoms with Gasteiger partial charge >= 0.3 is 0 Å². The van der Waals surface area contributed by atoms with E-state index in [9.17, 15) is 14.4 Å². The van der Waals surface area contributed by atoms with Gasteiger partial charge in [-0.3, -0.25) is 14.4 Å². The molecule has 0 heterocycles. The third kappa shape index (κ3) is 5.68. The minimum atomic E-state index is -1.39. The molecule has 0 aliphatic carbocycles. The van der Waals surface area contributed by atoms with Crippen LogP contribution >= 0.6 is 0 Å². The van der Waals surface area contributed by atoms with Gasteiger partial charge in [0.05, 0.1) is 7.11 Å². The van der Waals surface area contributed by atoms with Crippen LogP contribution in [0.25, 0.3) is 6.08 Å². The zero-order chi connectivity index (χ0) is 21.4. The van der Waals surface area contributed by atoms with Gasteiger partial charge in [0.2, 0.25) is 17.7 Å². The van der Waals surface area contributed by atoms with Crippen LogP contribution in [0.1, 0.15) is 25.0 Å². The van der Waals surface area contributed by atoms with Crippen molar-refractivity contribution in [3.63, 3.8) is 0 Å². The summed E-state index contributed by atoms with van der Waals surface area (Å²) >= 11 is 0. The first kappa shape index (κ1) is 21.7. The predicted octanol–water partition coefficient (Wildman–Crippen LogP) is 1.73. The Hall–Kier alpha value is -3.61. The number of nitrogens with two attached hydrogens (primary N) is 1. The lowest BCUT2D eigenvalue weighted by Gasteiger charge is -2.29. The van der Waals surface area contributed by atoms with Gasteiger partial charge in [-0.25, -0.2) is 0 Å². The second kappa shape index (κ2) is 9.54. The molecular formula is C22H25N3O4. The summed E-state index contributed by atoms with van der Waals surface area (Å²) in [6.45, 7) is 3.06. The fourth-order valence-corrected chi connectivity index (χ4v) is 2.62. The molecule has 0 bridgehead atoms. The molecule has 29 heavy (non-hydrogen) atoms. The summed E-state index contributed by atoms with van der Waals surface area (Å²) in [6.07, 6.45) is 2.95. The number of amides is 3. The molecule has 2 aromatic carbocycles. The van der Waals surface area contributed by atoms with Gasteiger partial charge in [0.15, 0.2) is 0 Å². The van der Waals surface area contributed by atoms with Crippen LogP contribution < -0.4 is 21.1 Å². The largest absolute Gasteiger partial charge is 0.497 e. The van der Waals surface area contributed by atoms with E-state index in [4.69, 9.17) is 10.5 Å². The maximum absolute atomic E-state index is 12.5. The molecule has 0 saturated carbocycles. The van der Waals surface area contributed by atoms with E-state index < -0.39 is 29.3 Å². The number of carbonyl (C=O) groups excluding carboxylic acids is 3. The van der Waals surface area contributed by atoms with Crippen molar-refractivity contribution >= 4 is 23.8 Å². The molecule has 0 spiro atoms. The highest BCUT2D eigenvalue weighted by atomic mass is 16.5. The number of hydrogen-bond acceptors (Lipinski definition) is 4. The number of methoxy groups -OCH3 is 1. The Morgan fingerprint density at radius 1 is 1.07 bits per heavy atom. The van der Waals surface area contributed by atoms with Crippen LogP contribution in [0, 0.1) is 0 Å². The van der Waals surface area contributed by atoms with E-state index >= 15 is 0 Å². The first-order valence-electron chi connectivity index (χ1n) is 9.06. The van der Waals surface area contributed by atoms with Crippen molar-refractivity contribution in [1.29, 1.82) is 0 Å². The standard InChI is InChI=1S/C22H25N3O4/c1-15(24-19(26)14-11-16-9-12-18(29-3)13-10-16)20(27)25-22(2,21(23)28)17-7-5-4-6-8-17/h4-15H,1-3H3,(H2,23,28)(H,24,26)(H,25,27). The molecule has 0 fully saturated rings. The van der Waals surface area contributed by atoms with E-state index in [-0.39, 0.29) is 0 Å². The van der Waals surface area contributed by atoms with Crippen LogP contribution in [0.15, 0.2) is 60.7 Å². The van der Waals surface area contributed by atoms with Crippen LogP contribution in [0.5, 0.6) is 5.75 Å². The lowest BCUT2D eigenvalue weighted by molar-refractivity contribution is -0.133. The normalized spacial score (nSPS) is 13.9. The number of rotatable bonds is 8. The quantitative estimate of drug-likeness (QED) is 0.591. The zero-order valence-corrected chi connectivity index (χ0v) is 16.6.